The molecule has 0 radical (unpaired) electrons. The van der Waals surface area contributed by atoms with Crippen molar-refractivity contribution in [2.45, 2.75) is 24.7 Å². The highest BCUT2D eigenvalue weighted by Crippen LogP contribution is 2.37. The van der Waals surface area contributed by atoms with Gasteiger partial charge in [-0.25, -0.2) is 0 Å². The number of fused-ring (bicyclic) bond motifs is 1. The number of hydrogen-bond acceptors (Lipinski definition) is 2. The van der Waals surface area contributed by atoms with Crippen LogP contribution in [0.3, 0.4) is 0 Å². The Morgan fingerprint density at radius 1 is 1.27 bits per heavy atom. The van der Waals surface area contributed by atoms with E-state index in [0.717, 1.165) is 35.4 Å². The Bertz CT molecular complexity index is 359. The first-order chi connectivity index (χ1) is 7.22. The van der Waals surface area contributed by atoms with Crippen LogP contribution < -0.4 is 0 Å². The van der Waals surface area contributed by atoms with Crippen molar-refractivity contribution < 1.29 is 10.2 Å². The number of benzene rings is 1. The molecule has 0 atom stereocenters. The van der Waals surface area contributed by atoms with Crippen LogP contribution in [0.1, 0.15) is 24.0 Å². The number of aliphatic hydroxyl groups is 2. The number of halogens is 1. The second-order valence-corrected chi connectivity index (χ2v) is 4.69. The van der Waals surface area contributed by atoms with Gasteiger partial charge in [0.2, 0.25) is 0 Å². The highest BCUT2D eigenvalue weighted by atomic mass is 35.5. The summed E-state index contributed by atoms with van der Waals surface area (Å²) in [5.74, 6) is 0. The highest BCUT2D eigenvalue weighted by Gasteiger charge is 2.35. The minimum absolute atomic E-state index is 0.00185. The van der Waals surface area contributed by atoms with Gasteiger partial charge in [0.25, 0.3) is 0 Å². The smallest absolute Gasteiger partial charge is 0.0550 e. The van der Waals surface area contributed by atoms with Crippen LogP contribution in [0.15, 0.2) is 18.2 Å². The fourth-order valence-corrected chi connectivity index (χ4v) is 2.61. The molecule has 0 aliphatic heterocycles. The van der Waals surface area contributed by atoms with Crippen LogP contribution in [0.5, 0.6) is 0 Å². The normalized spacial score (nSPS) is 18.6. The van der Waals surface area contributed by atoms with E-state index in [0.29, 0.717) is 0 Å². The molecule has 0 saturated heterocycles. The van der Waals surface area contributed by atoms with Gasteiger partial charge in [0.15, 0.2) is 0 Å². The summed E-state index contributed by atoms with van der Waals surface area (Å²) in [7, 11) is 0. The van der Waals surface area contributed by atoms with Gasteiger partial charge in [-0.2, -0.15) is 0 Å². The van der Waals surface area contributed by atoms with Crippen molar-refractivity contribution in [3.05, 3.63) is 34.3 Å². The van der Waals surface area contributed by atoms with Gasteiger partial charge in [0.1, 0.15) is 0 Å². The molecule has 1 aromatic rings. The molecule has 1 aliphatic rings. The summed E-state index contributed by atoms with van der Waals surface area (Å²) in [5, 5.41) is 19.7. The molecule has 0 spiro atoms. The Balaban J connectivity index is 2.50. The monoisotopic (exact) mass is 226 g/mol. The van der Waals surface area contributed by atoms with E-state index in [1.165, 1.54) is 0 Å². The fraction of sp³-hybridized carbons (Fsp3) is 0.500. The summed E-state index contributed by atoms with van der Waals surface area (Å²) >= 11 is 5.93. The first-order valence-corrected chi connectivity index (χ1v) is 5.60. The third kappa shape index (κ3) is 1.78. The molecule has 3 heteroatoms. The third-order valence-corrected chi connectivity index (χ3v) is 3.58. The number of aryl methyl sites for hydroxylation is 1. The number of rotatable bonds is 2. The van der Waals surface area contributed by atoms with Crippen LogP contribution >= 0.6 is 11.6 Å². The molecule has 0 amide bonds. The first-order valence-electron chi connectivity index (χ1n) is 5.22. The lowest BCUT2D eigenvalue weighted by Crippen LogP contribution is -2.38. The lowest BCUT2D eigenvalue weighted by Gasteiger charge is -2.36. The maximum Gasteiger partial charge on any atom is 0.0550 e. The van der Waals surface area contributed by atoms with Gasteiger partial charge in [-0.1, -0.05) is 17.7 Å². The van der Waals surface area contributed by atoms with E-state index in [2.05, 4.69) is 0 Å². The molecule has 0 fully saturated rings. The van der Waals surface area contributed by atoms with Crippen LogP contribution in [0.4, 0.5) is 0 Å². The average molecular weight is 227 g/mol. The summed E-state index contributed by atoms with van der Waals surface area (Å²) in [6.07, 6.45) is 2.82. The minimum atomic E-state index is -0.460. The Kier molecular flexibility index (Phi) is 3.01. The molecule has 1 aromatic carbocycles. The van der Waals surface area contributed by atoms with Gasteiger partial charge in [0, 0.05) is 10.4 Å². The summed E-state index contributed by atoms with van der Waals surface area (Å²) < 4.78 is 0. The van der Waals surface area contributed by atoms with Gasteiger partial charge in [-0.05, 0) is 42.5 Å². The fourth-order valence-electron chi connectivity index (χ4n) is 2.42. The average Bonchev–Trinajstić information content (AvgIpc) is 2.27. The van der Waals surface area contributed by atoms with Crippen molar-refractivity contribution in [1.82, 2.24) is 0 Å². The van der Waals surface area contributed by atoms with Gasteiger partial charge in [0.05, 0.1) is 13.2 Å². The Labute approximate surface area is 94.5 Å². The molecule has 15 heavy (non-hydrogen) atoms. The minimum Gasteiger partial charge on any atom is -0.395 e. The van der Waals surface area contributed by atoms with Crippen LogP contribution in [0, 0.1) is 0 Å². The van der Waals surface area contributed by atoms with Gasteiger partial charge < -0.3 is 10.2 Å². The third-order valence-electron chi connectivity index (χ3n) is 3.35. The molecule has 2 nitrogen and oxygen atoms in total. The molecule has 0 aromatic heterocycles. The van der Waals surface area contributed by atoms with E-state index in [1.54, 1.807) is 0 Å². The lowest BCUT2D eigenvalue weighted by atomic mass is 9.71. The predicted octanol–water partition coefficient (Wildman–Crippen LogP) is 1.90. The summed E-state index contributed by atoms with van der Waals surface area (Å²) in [6.45, 7) is -0.00371. The van der Waals surface area contributed by atoms with E-state index in [-0.39, 0.29) is 13.2 Å². The number of aliphatic hydroxyl groups excluding tert-OH is 2. The number of hydrogen-bond donors (Lipinski definition) is 2. The standard InChI is InChI=1S/C12H15ClO2/c13-10-3-4-11-9(6-10)2-1-5-12(11,7-14)8-15/h3-4,6,14-15H,1-2,5,7-8H2. The van der Waals surface area contributed by atoms with Gasteiger partial charge >= 0.3 is 0 Å². The summed E-state index contributed by atoms with van der Waals surface area (Å²) in [4.78, 5) is 0. The predicted molar refractivity (Wildman–Crippen MR) is 60.2 cm³/mol. The molecule has 0 heterocycles. The molecule has 0 unspecified atom stereocenters. The summed E-state index contributed by atoms with van der Waals surface area (Å²) in [6, 6.07) is 5.70. The van der Waals surface area contributed by atoms with E-state index >= 15 is 0 Å². The topological polar surface area (TPSA) is 40.5 Å². The van der Waals surface area contributed by atoms with E-state index in [4.69, 9.17) is 11.6 Å². The first kappa shape index (κ1) is 10.9. The van der Waals surface area contributed by atoms with Gasteiger partial charge in [-0.3, -0.25) is 0 Å². The zero-order chi connectivity index (χ0) is 10.9. The van der Waals surface area contributed by atoms with Gasteiger partial charge in [-0.15, -0.1) is 0 Å². The maximum atomic E-state index is 9.46. The molecule has 0 saturated carbocycles. The largest absolute Gasteiger partial charge is 0.395 e. The Hall–Kier alpha value is -0.570. The van der Waals surface area contributed by atoms with Crippen LogP contribution in [0.25, 0.3) is 0 Å². The Morgan fingerprint density at radius 3 is 2.67 bits per heavy atom. The molecule has 2 rings (SSSR count). The quantitative estimate of drug-likeness (QED) is 0.809. The van der Waals surface area contributed by atoms with E-state index in [1.807, 2.05) is 18.2 Å². The second-order valence-electron chi connectivity index (χ2n) is 4.25. The van der Waals surface area contributed by atoms with Crippen molar-refractivity contribution >= 4 is 11.6 Å². The molecule has 1 aliphatic carbocycles. The van der Waals surface area contributed by atoms with Crippen LogP contribution in [-0.2, 0) is 11.8 Å². The zero-order valence-corrected chi connectivity index (χ0v) is 9.30. The zero-order valence-electron chi connectivity index (χ0n) is 8.54. The molecule has 82 valence electrons. The van der Waals surface area contributed by atoms with Crippen LogP contribution in [0.2, 0.25) is 5.02 Å². The van der Waals surface area contributed by atoms with Crippen molar-refractivity contribution in [2.75, 3.05) is 13.2 Å². The van der Waals surface area contributed by atoms with Crippen molar-refractivity contribution in [2.24, 2.45) is 0 Å². The Morgan fingerprint density at radius 2 is 2.00 bits per heavy atom. The molecular formula is C12H15ClO2. The van der Waals surface area contributed by atoms with E-state index < -0.39 is 5.41 Å². The van der Waals surface area contributed by atoms with Crippen LogP contribution in [-0.4, -0.2) is 23.4 Å². The second kappa shape index (κ2) is 4.12. The van der Waals surface area contributed by atoms with Crippen molar-refractivity contribution in [3.8, 4) is 0 Å². The SMILES string of the molecule is OCC1(CO)CCCc2cc(Cl)ccc21. The lowest BCUT2D eigenvalue weighted by molar-refractivity contribution is 0.102. The maximum absolute atomic E-state index is 9.46. The molecule has 0 bridgehead atoms. The van der Waals surface area contributed by atoms with Crippen molar-refractivity contribution in [1.29, 1.82) is 0 Å². The van der Waals surface area contributed by atoms with Crippen molar-refractivity contribution in [3.63, 3.8) is 0 Å². The molecule has 2 N–H and O–H groups in total. The molecular weight excluding hydrogens is 212 g/mol. The summed E-state index contributed by atoms with van der Waals surface area (Å²) in [5.41, 5.74) is 1.76. The highest BCUT2D eigenvalue weighted by molar-refractivity contribution is 6.30. The van der Waals surface area contributed by atoms with E-state index in [9.17, 15) is 10.2 Å².